The van der Waals surface area contributed by atoms with Gasteiger partial charge in [-0.1, -0.05) is 42.5 Å². The molecule has 4 heteroatoms. The lowest BCUT2D eigenvalue weighted by molar-refractivity contribution is 0.0166. The van der Waals surface area contributed by atoms with E-state index in [1.807, 2.05) is 36.4 Å². The van der Waals surface area contributed by atoms with Crippen molar-refractivity contribution >= 4 is 5.91 Å². The number of carbonyl (C=O) groups excluding carboxylic acids is 1. The third-order valence-electron chi connectivity index (χ3n) is 5.68. The van der Waals surface area contributed by atoms with E-state index in [0.717, 1.165) is 68.9 Å². The van der Waals surface area contributed by atoms with Crippen LogP contribution in [0.4, 0.5) is 0 Å². The summed E-state index contributed by atoms with van der Waals surface area (Å²) in [5, 5.41) is 0. The summed E-state index contributed by atoms with van der Waals surface area (Å²) in [5.41, 5.74) is 3.05. The number of carbonyl (C=O) groups is 1. The topological polar surface area (TPSA) is 32.8 Å². The Hall–Kier alpha value is -2.17. The number of piperidine rings is 1. The molecule has 2 aromatic rings. The first-order valence-corrected chi connectivity index (χ1v) is 10.1. The maximum absolute atomic E-state index is 13.3. The van der Waals surface area contributed by atoms with Crippen molar-refractivity contribution in [2.24, 2.45) is 0 Å². The average Bonchev–Trinajstić information content (AvgIpc) is 2.75. The minimum atomic E-state index is 0.172. The second-order valence-corrected chi connectivity index (χ2v) is 7.51. The molecule has 0 aliphatic carbocycles. The van der Waals surface area contributed by atoms with Gasteiger partial charge in [-0.25, -0.2) is 0 Å². The first-order valence-electron chi connectivity index (χ1n) is 10.1. The Morgan fingerprint density at radius 1 is 0.926 bits per heavy atom. The summed E-state index contributed by atoms with van der Waals surface area (Å²) >= 11 is 0. The normalized spacial score (nSPS) is 21.2. The Kier molecular flexibility index (Phi) is 5.85. The third-order valence-corrected chi connectivity index (χ3v) is 5.68. The van der Waals surface area contributed by atoms with Crippen molar-refractivity contribution in [3.05, 3.63) is 60.2 Å². The molecule has 2 aromatic carbocycles. The molecule has 27 heavy (non-hydrogen) atoms. The Labute approximate surface area is 161 Å². The van der Waals surface area contributed by atoms with E-state index in [1.54, 1.807) is 0 Å². The molecule has 2 heterocycles. The van der Waals surface area contributed by atoms with E-state index >= 15 is 0 Å². The molecule has 0 unspecified atom stereocenters. The minimum absolute atomic E-state index is 0.172. The number of likely N-dealkylation sites (tertiary alicyclic amines) is 1. The lowest BCUT2D eigenvalue weighted by atomic mass is 9.98. The maximum atomic E-state index is 13.3. The van der Waals surface area contributed by atoms with E-state index in [-0.39, 0.29) is 5.91 Å². The van der Waals surface area contributed by atoms with Crippen LogP contribution in [0.1, 0.15) is 29.6 Å². The summed E-state index contributed by atoms with van der Waals surface area (Å²) in [5.74, 6) is 0.172. The highest BCUT2D eigenvalue weighted by Crippen LogP contribution is 2.24. The highest BCUT2D eigenvalue weighted by molar-refractivity contribution is 5.95. The molecule has 0 bridgehead atoms. The van der Waals surface area contributed by atoms with Crippen molar-refractivity contribution in [1.82, 2.24) is 9.80 Å². The smallest absolute Gasteiger partial charge is 0.254 e. The predicted molar refractivity (Wildman–Crippen MR) is 108 cm³/mol. The predicted octanol–water partition coefficient (Wildman–Crippen LogP) is 3.68. The number of nitrogens with zero attached hydrogens (tertiary/aromatic N) is 2. The monoisotopic (exact) mass is 364 g/mol. The summed E-state index contributed by atoms with van der Waals surface area (Å²) in [6, 6.07) is 18.6. The van der Waals surface area contributed by atoms with Gasteiger partial charge in [0.2, 0.25) is 0 Å². The van der Waals surface area contributed by atoms with Crippen LogP contribution in [0.15, 0.2) is 54.6 Å². The molecule has 2 fully saturated rings. The molecule has 0 aromatic heterocycles. The van der Waals surface area contributed by atoms with Gasteiger partial charge >= 0.3 is 0 Å². The molecular formula is C23H28N2O2. The summed E-state index contributed by atoms with van der Waals surface area (Å²) in [6.45, 7) is 5.39. The average molecular weight is 364 g/mol. The summed E-state index contributed by atoms with van der Waals surface area (Å²) in [7, 11) is 0. The van der Waals surface area contributed by atoms with Gasteiger partial charge in [-0.05, 0) is 42.5 Å². The molecule has 4 rings (SSSR count). The van der Waals surface area contributed by atoms with Crippen LogP contribution in [-0.4, -0.2) is 61.1 Å². The SMILES string of the molecule is O=C(c1cccc(-c2ccccc2)c1)N1CCCC[C@H]1CN1CCOCC1. The summed E-state index contributed by atoms with van der Waals surface area (Å²) in [4.78, 5) is 17.9. The van der Waals surface area contributed by atoms with E-state index in [0.29, 0.717) is 6.04 Å². The van der Waals surface area contributed by atoms with E-state index in [2.05, 4.69) is 28.0 Å². The summed E-state index contributed by atoms with van der Waals surface area (Å²) < 4.78 is 5.47. The standard InChI is InChI=1S/C23H28N2O2/c26-23(21-10-6-9-20(17-21)19-7-2-1-3-8-19)25-12-5-4-11-22(25)18-24-13-15-27-16-14-24/h1-3,6-10,17,22H,4-5,11-16,18H2/t22-/m0/s1. The molecule has 1 amide bonds. The molecule has 2 aliphatic rings. The second kappa shape index (κ2) is 8.68. The number of benzene rings is 2. The van der Waals surface area contributed by atoms with Gasteiger partial charge in [0, 0.05) is 37.8 Å². The fourth-order valence-electron chi connectivity index (χ4n) is 4.17. The minimum Gasteiger partial charge on any atom is -0.379 e. The van der Waals surface area contributed by atoms with Crippen LogP contribution < -0.4 is 0 Å². The zero-order valence-corrected chi connectivity index (χ0v) is 15.8. The maximum Gasteiger partial charge on any atom is 0.254 e. The number of morpholine rings is 1. The third kappa shape index (κ3) is 4.40. The molecule has 2 aliphatic heterocycles. The van der Waals surface area contributed by atoms with Gasteiger partial charge in [0.15, 0.2) is 0 Å². The van der Waals surface area contributed by atoms with Crippen molar-refractivity contribution < 1.29 is 9.53 Å². The molecule has 0 saturated carbocycles. The van der Waals surface area contributed by atoms with E-state index in [9.17, 15) is 4.79 Å². The van der Waals surface area contributed by atoms with Crippen LogP contribution in [-0.2, 0) is 4.74 Å². The zero-order chi connectivity index (χ0) is 18.5. The van der Waals surface area contributed by atoms with E-state index in [1.165, 1.54) is 6.42 Å². The second-order valence-electron chi connectivity index (χ2n) is 7.51. The van der Waals surface area contributed by atoms with Crippen molar-refractivity contribution in [3.63, 3.8) is 0 Å². The molecule has 0 radical (unpaired) electrons. The number of amides is 1. The van der Waals surface area contributed by atoms with Crippen molar-refractivity contribution in [3.8, 4) is 11.1 Å². The molecule has 1 atom stereocenters. The van der Waals surface area contributed by atoms with Gasteiger partial charge in [-0.15, -0.1) is 0 Å². The van der Waals surface area contributed by atoms with Crippen molar-refractivity contribution in [2.45, 2.75) is 25.3 Å². The van der Waals surface area contributed by atoms with Crippen LogP contribution in [0.25, 0.3) is 11.1 Å². The Morgan fingerprint density at radius 3 is 2.52 bits per heavy atom. The van der Waals surface area contributed by atoms with Gasteiger partial charge in [-0.3, -0.25) is 9.69 Å². The van der Waals surface area contributed by atoms with Gasteiger partial charge in [0.1, 0.15) is 0 Å². The number of rotatable bonds is 4. The Morgan fingerprint density at radius 2 is 1.70 bits per heavy atom. The molecule has 0 spiro atoms. The molecule has 2 saturated heterocycles. The zero-order valence-electron chi connectivity index (χ0n) is 15.8. The Bertz CT molecular complexity index is 756. The Balaban J connectivity index is 1.51. The van der Waals surface area contributed by atoms with Crippen LogP contribution in [0.5, 0.6) is 0 Å². The quantitative estimate of drug-likeness (QED) is 0.830. The first-order chi connectivity index (χ1) is 13.3. The molecular weight excluding hydrogens is 336 g/mol. The van der Waals surface area contributed by atoms with Gasteiger partial charge in [0.05, 0.1) is 13.2 Å². The lowest BCUT2D eigenvalue weighted by Gasteiger charge is -2.39. The molecule has 142 valence electrons. The lowest BCUT2D eigenvalue weighted by Crippen LogP contribution is -2.51. The van der Waals surface area contributed by atoms with Gasteiger partial charge in [0.25, 0.3) is 5.91 Å². The number of ether oxygens (including phenoxy) is 1. The highest BCUT2D eigenvalue weighted by Gasteiger charge is 2.29. The van der Waals surface area contributed by atoms with Gasteiger partial charge in [-0.2, -0.15) is 0 Å². The number of hydrogen-bond acceptors (Lipinski definition) is 3. The van der Waals surface area contributed by atoms with Gasteiger partial charge < -0.3 is 9.64 Å². The first kappa shape index (κ1) is 18.2. The van der Waals surface area contributed by atoms with E-state index < -0.39 is 0 Å². The fourth-order valence-corrected chi connectivity index (χ4v) is 4.17. The van der Waals surface area contributed by atoms with Crippen molar-refractivity contribution in [2.75, 3.05) is 39.4 Å². The van der Waals surface area contributed by atoms with E-state index in [4.69, 9.17) is 4.74 Å². The summed E-state index contributed by atoms with van der Waals surface area (Å²) in [6.07, 6.45) is 3.41. The van der Waals surface area contributed by atoms with Crippen LogP contribution in [0.3, 0.4) is 0 Å². The molecule has 4 nitrogen and oxygen atoms in total. The van der Waals surface area contributed by atoms with Crippen molar-refractivity contribution in [1.29, 1.82) is 0 Å². The fraction of sp³-hybridized carbons (Fsp3) is 0.435. The number of hydrogen-bond donors (Lipinski definition) is 0. The van der Waals surface area contributed by atoms with Crippen LogP contribution >= 0.6 is 0 Å². The van der Waals surface area contributed by atoms with Crippen LogP contribution in [0, 0.1) is 0 Å². The van der Waals surface area contributed by atoms with Crippen LogP contribution in [0.2, 0.25) is 0 Å². The highest BCUT2D eigenvalue weighted by atomic mass is 16.5. The molecule has 0 N–H and O–H groups in total. The largest absolute Gasteiger partial charge is 0.379 e.